The van der Waals surface area contributed by atoms with Crippen molar-refractivity contribution in [3.63, 3.8) is 0 Å². The van der Waals surface area contributed by atoms with Crippen LogP contribution in [0, 0.1) is 17.8 Å². The molecule has 16 heavy (non-hydrogen) atoms. The average Bonchev–Trinajstić information content (AvgIpc) is 2.27. The standard InChI is InChI=1S/C13H22O3/c1-9-5-4-6-11(7-9)12(14)8-10(2)13(15)16-3/h9-11H,4-8H2,1-3H3. The SMILES string of the molecule is COC(=O)C(C)CC(=O)C1CCCC(C)C1. The Morgan fingerprint density at radius 3 is 2.62 bits per heavy atom. The zero-order valence-corrected chi connectivity index (χ0v) is 10.5. The summed E-state index contributed by atoms with van der Waals surface area (Å²) in [6.45, 7) is 3.96. The maximum Gasteiger partial charge on any atom is 0.308 e. The molecule has 0 N–H and O–H groups in total. The molecule has 1 rings (SSSR count). The van der Waals surface area contributed by atoms with Gasteiger partial charge < -0.3 is 4.74 Å². The summed E-state index contributed by atoms with van der Waals surface area (Å²) in [4.78, 5) is 23.2. The number of carbonyl (C=O) groups is 2. The third-order valence-electron chi connectivity index (χ3n) is 3.50. The number of methoxy groups -OCH3 is 1. The van der Waals surface area contributed by atoms with Crippen LogP contribution in [0.25, 0.3) is 0 Å². The average molecular weight is 226 g/mol. The van der Waals surface area contributed by atoms with E-state index in [1.54, 1.807) is 6.92 Å². The lowest BCUT2D eigenvalue weighted by Crippen LogP contribution is -2.25. The van der Waals surface area contributed by atoms with Crippen LogP contribution in [0.3, 0.4) is 0 Å². The van der Waals surface area contributed by atoms with Crippen LogP contribution in [0.1, 0.15) is 46.0 Å². The lowest BCUT2D eigenvalue weighted by molar-refractivity contribution is -0.147. The van der Waals surface area contributed by atoms with Crippen molar-refractivity contribution in [3.8, 4) is 0 Å². The summed E-state index contributed by atoms with van der Waals surface area (Å²) in [5.41, 5.74) is 0. The Hall–Kier alpha value is -0.860. The van der Waals surface area contributed by atoms with Gasteiger partial charge in [-0.1, -0.05) is 26.7 Å². The maximum absolute atomic E-state index is 12.0. The first-order chi connectivity index (χ1) is 7.54. The number of hydrogen-bond acceptors (Lipinski definition) is 3. The van der Waals surface area contributed by atoms with E-state index >= 15 is 0 Å². The Morgan fingerprint density at radius 2 is 2.06 bits per heavy atom. The quantitative estimate of drug-likeness (QED) is 0.692. The van der Waals surface area contributed by atoms with Gasteiger partial charge in [-0.25, -0.2) is 0 Å². The number of carbonyl (C=O) groups excluding carboxylic acids is 2. The third-order valence-corrected chi connectivity index (χ3v) is 3.50. The number of ketones is 1. The highest BCUT2D eigenvalue weighted by molar-refractivity contribution is 5.85. The highest BCUT2D eigenvalue weighted by Crippen LogP contribution is 2.30. The van der Waals surface area contributed by atoms with Gasteiger partial charge in [0, 0.05) is 12.3 Å². The lowest BCUT2D eigenvalue weighted by Gasteiger charge is -2.26. The van der Waals surface area contributed by atoms with Crippen molar-refractivity contribution >= 4 is 11.8 Å². The second kappa shape index (κ2) is 6.02. The smallest absolute Gasteiger partial charge is 0.308 e. The molecule has 1 saturated carbocycles. The minimum Gasteiger partial charge on any atom is -0.469 e. The van der Waals surface area contributed by atoms with Crippen molar-refractivity contribution in [1.82, 2.24) is 0 Å². The molecule has 1 aliphatic carbocycles. The van der Waals surface area contributed by atoms with Gasteiger partial charge in [0.25, 0.3) is 0 Å². The van der Waals surface area contributed by atoms with Gasteiger partial charge in [0.2, 0.25) is 0 Å². The Kier molecular flexibility index (Phi) is 4.97. The predicted octanol–water partition coefficient (Wildman–Crippen LogP) is 2.58. The van der Waals surface area contributed by atoms with Crippen molar-refractivity contribution in [2.45, 2.75) is 46.0 Å². The van der Waals surface area contributed by atoms with E-state index in [9.17, 15) is 9.59 Å². The van der Waals surface area contributed by atoms with Crippen LogP contribution in [-0.2, 0) is 14.3 Å². The summed E-state index contributed by atoms with van der Waals surface area (Å²) in [6, 6.07) is 0. The van der Waals surface area contributed by atoms with E-state index in [1.165, 1.54) is 13.5 Å². The molecule has 0 aromatic rings. The highest BCUT2D eigenvalue weighted by atomic mass is 16.5. The minimum atomic E-state index is -0.297. The van der Waals surface area contributed by atoms with E-state index in [1.807, 2.05) is 0 Å². The molecule has 0 aromatic heterocycles. The van der Waals surface area contributed by atoms with Crippen LogP contribution in [-0.4, -0.2) is 18.9 Å². The van der Waals surface area contributed by atoms with Gasteiger partial charge in [0.15, 0.2) is 0 Å². The van der Waals surface area contributed by atoms with Crippen molar-refractivity contribution in [3.05, 3.63) is 0 Å². The Balaban J connectivity index is 2.42. The van der Waals surface area contributed by atoms with E-state index in [0.29, 0.717) is 12.3 Å². The van der Waals surface area contributed by atoms with E-state index in [-0.39, 0.29) is 23.6 Å². The van der Waals surface area contributed by atoms with Gasteiger partial charge in [-0.2, -0.15) is 0 Å². The van der Waals surface area contributed by atoms with E-state index < -0.39 is 0 Å². The first kappa shape index (κ1) is 13.2. The van der Waals surface area contributed by atoms with Crippen molar-refractivity contribution in [2.24, 2.45) is 17.8 Å². The first-order valence-corrected chi connectivity index (χ1v) is 6.15. The molecule has 0 aliphatic heterocycles. The van der Waals surface area contributed by atoms with Crippen molar-refractivity contribution < 1.29 is 14.3 Å². The van der Waals surface area contributed by atoms with Crippen LogP contribution in [0.2, 0.25) is 0 Å². The predicted molar refractivity (Wildman–Crippen MR) is 61.9 cm³/mol. The second-order valence-corrected chi connectivity index (χ2v) is 5.06. The zero-order chi connectivity index (χ0) is 12.1. The molecule has 1 aliphatic rings. The minimum absolute atomic E-state index is 0.177. The molecule has 0 heterocycles. The van der Waals surface area contributed by atoms with Crippen LogP contribution in [0.5, 0.6) is 0 Å². The molecule has 0 amide bonds. The van der Waals surface area contributed by atoms with E-state index in [2.05, 4.69) is 11.7 Å². The van der Waals surface area contributed by atoms with Crippen LogP contribution < -0.4 is 0 Å². The Morgan fingerprint density at radius 1 is 1.38 bits per heavy atom. The summed E-state index contributed by atoms with van der Waals surface area (Å²) in [6.07, 6.45) is 4.70. The number of ether oxygens (including phenoxy) is 1. The molecule has 0 bridgehead atoms. The second-order valence-electron chi connectivity index (χ2n) is 5.06. The van der Waals surface area contributed by atoms with Crippen LogP contribution in [0.15, 0.2) is 0 Å². The summed E-state index contributed by atoms with van der Waals surface area (Å²) < 4.78 is 4.63. The number of Topliss-reactive ketones (excluding diaryl/α,β-unsaturated/α-hetero) is 1. The van der Waals surface area contributed by atoms with Gasteiger partial charge in [-0.3, -0.25) is 9.59 Å². The lowest BCUT2D eigenvalue weighted by atomic mass is 9.78. The molecule has 3 heteroatoms. The van der Waals surface area contributed by atoms with Gasteiger partial charge in [-0.15, -0.1) is 0 Å². The molecule has 92 valence electrons. The topological polar surface area (TPSA) is 43.4 Å². The van der Waals surface area contributed by atoms with Gasteiger partial charge >= 0.3 is 5.97 Å². The van der Waals surface area contributed by atoms with Crippen molar-refractivity contribution in [2.75, 3.05) is 7.11 Å². The van der Waals surface area contributed by atoms with Gasteiger partial charge in [-0.05, 0) is 18.8 Å². The van der Waals surface area contributed by atoms with Crippen LogP contribution in [0.4, 0.5) is 0 Å². The largest absolute Gasteiger partial charge is 0.469 e. The third kappa shape index (κ3) is 3.62. The Labute approximate surface area is 97.5 Å². The molecule has 0 radical (unpaired) electrons. The normalized spacial score (nSPS) is 27.2. The number of esters is 1. The molecule has 3 nitrogen and oxygen atoms in total. The summed E-state index contributed by atoms with van der Waals surface area (Å²) in [5, 5.41) is 0. The molecular formula is C13H22O3. The number of rotatable bonds is 4. The molecule has 0 aromatic carbocycles. The molecular weight excluding hydrogens is 204 g/mol. The molecule has 3 atom stereocenters. The molecule has 0 saturated heterocycles. The molecule has 1 fully saturated rings. The summed E-state index contributed by atoms with van der Waals surface area (Å²) >= 11 is 0. The van der Waals surface area contributed by atoms with E-state index in [0.717, 1.165) is 19.3 Å². The Bertz CT molecular complexity index is 260. The van der Waals surface area contributed by atoms with Crippen LogP contribution >= 0.6 is 0 Å². The summed E-state index contributed by atoms with van der Waals surface area (Å²) in [7, 11) is 1.37. The van der Waals surface area contributed by atoms with Gasteiger partial charge in [0.1, 0.15) is 5.78 Å². The van der Waals surface area contributed by atoms with Gasteiger partial charge in [0.05, 0.1) is 13.0 Å². The maximum atomic E-state index is 12.0. The fourth-order valence-electron chi connectivity index (χ4n) is 2.48. The van der Waals surface area contributed by atoms with Crippen molar-refractivity contribution in [1.29, 1.82) is 0 Å². The zero-order valence-electron chi connectivity index (χ0n) is 10.5. The monoisotopic (exact) mass is 226 g/mol. The first-order valence-electron chi connectivity index (χ1n) is 6.15. The van der Waals surface area contributed by atoms with E-state index in [4.69, 9.17) is 0 Å². The highest BCUT2D eigenvalue weighted by Gasteiger charge is 2.27. The number of hydrogen-bond donors (Lipinski definition) is 0. The molecule has 0 spiro atoms. The molecule has 3 unspecified atom stereocenters. The fourth-order valence-corrected chi connectivity index (χ4v) is 2.48. The fraction of sp³-hybridized carbons (Fsp3) is 0.846. The summed E-state index contributed by atoms with van der Waals surface area (Å²) in [5.74, 6) is 0.489.